The van der Waals surface area contributed by atoms with Crippen molar-refractivity contribution in [2.45, 2.75) is 20.4 Å². The maximum Gasteiger partial charge on any atom is 0.254 e. The Bertz CT molecular complexity index is 1010. The number of carbonyl (C=O) groups is 1. The Balaban J connectivity index is 1.94. The van der Waals surface area contributed by atoms with Gasteiger partial charge in [-0.05, 0) is 49.7 Å². The summed E-state index contributed by atoms with van der Waals surface area (Å²) in [7, 11) is 0. The maximum absolute atomic E-state index is 12.5. The molecule has 0 aliphatic heterocycles. The van der Waals surface area contributed by atoms with E-state index < -0.39 is 0 Å². The van der Waals surface area contributed by atoms with Gasteiger partial charge in [-0.3, -0.25) is 14.2 Å². The van der Waals surface area contributed by atoms with E-state index in [1.807, 2.05) is 31.2 Å². The summed E-state index contributed by atoms with van der Waals surface area (Å²) in [5.41, 5.74) is 2.71. The zero-order valence-electron chi connectivity index (χ0n) is 14.5. The van der Waals surface area contributed by atoms with Crippen LogP contribution in [0.25, 0.3) is 11.4 Å². The van der Waals surface area contributed by atoms with Gasteiger partial charge in [-0.2, -0.15) is 0 Å². The van der Waals surface area contributed by atoms with Gasteiger partial charge in [0.05, 0.1) is 0 Å². The number of hydrogen-bond acceptors (Lipinski definition) is 3. The number of nitrogens with zero attached hydrogens (tertiary/aromatic N) is 2. The van der Waals surface area contributed by atoms with Gasteiger partial charge in [0, 0.05) is 28.0 Å². The second-order valence-corrected chi connectivity index (χ2v) is 6.45. The van der Waals surface area contributed by atoms with Crippen LogP contribution < -0.4 is 10.9 Å². The second kappa shape index (κ2) is 7.54. The Morgan fingerprint density at radius 1 is 1.12 bits per heavy atom. The molecule has 0 atom stereocenters. The minimum Gasteiger partial charge on any atom is -0.324 e. The van der Waals surface area contributed by atoms with Crippen molar-refractivity contribution < 1.29 is 4.79 Å². The molecule has 2 aromatic carbocycles. The summed E-state index contributed by atoms with van der Waals surface area (Å²) in [5.74, 6) is 0.147. The van der Waals surface area contributed by atoms with Gasteiger partial charge in [0.1, 0.15) is 12.4 Å². The number of anilines is 1. The number of nitrogens with one attached hydrogen (secondary N) is 1. The van der Waals surface area contributed by atoms with Gasteiger partial charge in [0.15, 0.2) is 0 Å². The predicted octanol–water partition coefficient (Wildman–Crippen LogP) is 3.82. The molecule has 1 N–H and O–H groups in total. The fourth-order valence-electron chi connectivity index (χ4n) is 2.64. The van der Waals surface area contributed by atoms with E-state index in [2.05, 4.69) is 10.3 Å². The molecule has 0 saturated heterocycles. The number of rotatable bonds is 4. The first-order valence-corrected chi connectivity index (χ1v) is 8.52. The van der Waals surface area contributed by atoms with E-state index >= 15 is 0 Å². The Labute approximate surface area is 156 Å². The number of carbonyl (C=O) groups excluding carboxylic acids is 1. The summed E-state index contributed by atoms with van der Waals surface area (Å²) in [6.45, 7) is 3.53. The minimum absolute atomic E-state index is 0.127. The molecule has 6 heteroatoms. The van der Waals surface area contributed by atoms with Crippen molar-refractivity contribution in [2.75, 3.05) is 5.32 Å². The van der Waals surface area contributed by atoms with Crippen molar-refractivity contribution in [1.29, 1.82) is 0 Å². The molecule has 0 fully saturated rings. The highest BCUT2D eigenvalue weighted by atomic mass is 35.5. The standard InChI is InChI=1S/C20H18ClN3O2/c1-13-5-3-4-6-17(13)23-18(25)12-24-19(26)11-14(2)22-20(24)15-7-9-16(21)10-8-15/h3-11H,12H2,1-2H3,(H,23,25). The third kappa shape index (κ3) is 4.00. The maximum atomic E-state index is 12.5. The predicted molar refractivity (Wildman–Crippen MR) is 103 cm³/mol. The molecule has 0 bridgehead atoms. The second-order valence-electron chi connectivity index (χ2n) is 6.02. The lowest BCUT2D eigenvalue weighted by molar-refractivity contribution is -0.116. The Hall–Kier alpha value is -2.92. The number of halogens is 1. The fraction of sp³-hybridized carbons (Fsp3) is 0.150. The van der Waals surface area contributed by atoms with Crippen LogP contribution in [-0.4, -0.2) is 15.5 Å². The molecule has 0 unspecified atom stereocenters. The highest BCUT2D eigenvalue weighted by Crippen LogP contribution is 2.19. The number of hydrogen-bond donors (Lipinski definition) is 1. The molecule has 0 aliphatic carbocycles. The molecule has 1 aromatic heterocycles. The van der Waals surface area contributed by atoms with Gasteiger partial charge in [-0.1, -0.05) is 29.8 Å². The molecule has 5 nitrogen and oxygen atoms in total. The van der Waals surface area contributed by atoms with E-state index in [9.17, 15) is 9.59 Å². The number of aryl methyl sites for hydroxylation is 2. The molecule has 3 aromatic rings. The number of amides is 1. The molecular formula is C20H18ClN3O2. The van der Waals surface area contributed by atoms with Gasteiger partial charge in [0.25, 0.3) is 5.56 Å². The molecular weight excluding hydrogens is 350 g/mol. The lowest BCUT2D eigenvalue weighted by atomic mass is 10.2. The average Bonchev–Trinajstić information content (AvgIpc) is 2.60. The summed E-state index contributed by atoms with van der Waals surface area (Å²) < 4.78 is 1.36. The first-order valence-electron chi connectivity index (χ1n) is 8.14. The summed E-state index contributed by atoms with van der Waals surface area (Å²) in [6, 6.07) is 15.9. The summed E-state index contributed by atoms with van der Waals surface area (Å²) in [6.07, 6.45) is 0. The van der Waals surface area contributed by atoms with Crippen molar-refractivity contribution in [1.82, 2.24) is 9.55 Å². The lowest BCUT2D eigenvalue weighted by Crippen LogP contribution is -2.29. The summed E-state index contributed by atoms with van der Waals surface area (Å²) >= 11 is 5.94. The normalized spacial score (nSPS) is 10.6. The van der Waals surface area contributed by atoms with Gasteiger partial charge in [-0.15, -0.1) is 0 Å². The monoisotopic (exact) mass is 367 g/mol. The Kier molecular flexibility index (Phi) is 5.19. The van der Waals surface area contributed by atoms with E-state index in [4.69, 9.17) is 11.6 Å². The Morgan fingerprint density at radius 2 is 1.81 bits per heavy atom. The van der Waals surface area contributed by atoms with E-state index in [0.717, 1.165) is 16.8 Å². The van der Waals surface area contributed by atoms with Crippen molar-refractivity contribution >= 4 is 23.2 Å². The first kappa shape index (κ1) is 17.9. The van der Waals surface area contributed by atoms with Crippen molar-refractivity contribution in [3.8, 4) is 11.4 Å². The minimum atomic E-state index is -0.290. The average molecular weight is 368 g/mol. The largest absolute Gasteiger partial charge is 0.324 e. The molecule has 0 aliphatic rings. The number of para-hydroxylation sites is 1. The third-order valence-corrected chi connectivity index (χ3v) is 4.21. The SMILES string of the molecule is Cc1cc(=O)n(CC(=O)Nc2ccccc2C)c(-c2ccc(Cl)cc2)n1. The van der Waals surface area contributed by atoms with E-state index in [1.54, 1.807) is 31.2 Å². The molecule has 3 rings (SSSR count). The molecule has 1 amide bonds. The van der Waals surface area contributed by atoms with Gasteiger partial charge < -0.3 is 5.32 Å². The smallest absolute Gasteiger partial charge is 0.254 e. The highest BCUT2D eigenvalue weighted by Gasteiger charge is 2.14. The van der Waals surface area contributed by atoms with Crippen molar-refractivity contribution in [2.24, 2.45) is 0 Å². The molecule has 0 spiro atoms. The number of benzene rings is 2. The van der Waals surface area contributed by atoms with Crippen LogP contribution in [0.5, 0.6) is 0 Å². The topological polar surface area (TPSA) is 64.0 Å². The molecule has 132 valence electrons. The lowest BCUT2D eigenvalue weighted by Gasteiger charge is -2.14. The first-order chi connectivity index (χ1) is 12.4. The zero-order valence-corrected chi connectivity index (χ0v) is 15.2. The molecule has 1 heterocycles. The van der Waals surface area contributed by atoms with Gasteiger partial charge in [-0.25, -0.2) is 4.98 Å². The van der Waals surface area contributed by atoms with Crippen LogP contribution in [-0.2, 0) is 11.3 Å². The Morgan fingerprint density at radius 3 is 2.50 bits per heavy atom. The van der Waals surface area contributed by atoms with Crippen LogP contribution in [0.3, 0.4) is 0 Å². The van der Waals surface area contributed by atoms with E-state index in [-0.39, 0.29) is 18.0 Å². The highest BCUT2D eigenvalue weighted by molar-refractivity contribution is 6.30. The van der Waals surface area contributed by atoms with Crippen LogP contribution in [0.15, 0.2) is 59.4 Å². The zero-order chi connectivity index (χ0) is 18.7. The van der Waals surface area contributed by atoms with Crippen LogP contribution in [0.4, 0.5) is 5.69 Å². The summed E-state index contributed by atoms with van der Waals surface area (Å²) in [5, 5.41) is 3.43. The third-order valence-electron chi connectivity index (χ3n) is 3.96. The van der Waals surface area contributed by atoms with Crippen LogP contribution in [0.1, 0.15) is 11.3 Å². The van der Waals surface area contributed by atoms with Crippen LogP contribution >= 0.6 is 11.6 Å². The molecule has 0 radical (unpaired) electrons. The van der Waals surface area contributed by atoms with Crippen LogP contribution in [0, 0.1) is 13.8 Å². The van der Waals surface area contributed by atoms with Crippen LogP contribution in [0.2, 0.25) is 5.02 Å². The summed E-state index contributed by atoms with van der Waals surface area (Å²) in [4.78, 5) is 29.4. The number of aromatic nitrogens is 2. The van der Waals surface area contributed by atoms with E-state index in [1.165, 1.54) is 10.6 Å². The molecule has 26 heavy (non-hydrogen) atoms. The van der Waals surface area contributed by atoms with Crippen molar-refractivity contribution in [3.63, 3.8) is 0 Å². The fourth-order valence-corrected chi connectivity index (χ4v) is 2.77. The quantitative estimate of drug-likeness (QED) is 0.762. The van der Waals surface area contributed by atoms with E-state index in [0.29, 0.717) is 16.5 Å². The van der Waals surface area contributed by atoms with Gasteiger partial charge in [0.2, 0.25) is 5.91 Å². The molecule has 0 saturated carbocycles. The van der Waals surface area contributed by atoms with Crippen molar-refractivity contribution in [3.05, 3.63) is 81.2 Å². The van der Waals surface area contributed by atoms with Gasteiger partial charge >= 0.3 is 0 Å².